The van der Waals surface area contributed by atoms with Gasteiger partial charge in [0.1, 0.15) is 6.10 Å². The van der Waals surface area contributed by atoms with E-state index in [4.69, 9.17) is 16.3 Å². The lowest BCUT2D eigenvalue weighted by atomic mass is 10.0. The van der Waals surface area contributed by atoms with Gasteiger partial charge in [-0.3, -0.25) is 0 Å². The third-order valence-electron chi connectivity index (χ3n) is 4.20. The molecule has 1 unspecified atom stereocenters. The predicted octanol–water partition coefficient (Wildman–Crippen LogP) is 6.81. The first-order valence-electron chi connectivity index (χ1n) is 9.14. The van der Waals surface area contributed by atoms with Crippen molar-refractivity contribution in [2.75, 3.05) is 0 Å². The molecule has 0 aromatic heterocycles. The molecule has 0 bridgehead atoms. The lowest BCUT2D eigenvalue weighted by Gasteiger charge is -2.16. The Hall–Kier alpha value is -1.02. The van der Waals surface area contributed by atoms with Crippen LogP contribution in [0.4, 0.5) is 0 Å². The van der Waals surface area contributed by atoms with Crippen LogP contribution in [0, 0.1) is 0 Å². The highest BCUT2D eigenvalue weighted by Crippen LogP contribution is 2.19. The number of rotatable bonds is 12. The number of ether oxygens (including phenoxy) is 1. The van der Waals surface area contributed by atoms with Crippen molar-refractivity contribution in [3.8, 4) is 0 Å². The molecule has 0 radical (unpaired) electrons. The van der Waals surface area contributed by atoms with Crippen LogP contribution < -0.4 is 0 Å². The average molecular weight is 339 g/mol. The van der Waals surface area contributed by atoms with Gasteiger partial charge in [-0.15, -0.1) is 0 Å². The number of unbranched alkanes of at least 4 members (excludes halogenated alkanes) is 7. The summed E-state index contributed by atoms with van der Waals surface area (Å²) in [5.41, 5.74) is 0.462. The number of esters is 1. The van der Waals surface area contributed by atoms with E-state index in [-0.39, 0.29) is 12.1 Å². The van der Waals surface area contributed by atoms with E-state index in [1.165, 1.54) is 44.9 Å². The molecule has 23 heavy (non-hydrogen) atoms. The van der Waals surface area contributed by atoms with Gasteiger partial charge in [0.15, 0.2) is 0 Å². The Kier molecular flexibility index (Phi) is 10.8. The van der Waals surface area contributed by atoms with Gasteiger partial charge in [-0.2, -0.15) is 0 Å². The molecule has 0 N–H and O–H groups in total. The Balaban J connectivity index is 2.21. The summed E-state index contributed by atoms with van der Waals surface area (Å²) in [6.07, 6.45) is 12.2. The molecule has 0 aliphatic heterocycles. The Morgan fingerprint density at radius 3 is 2.22 bits per heavy atom. The van der Waals surface area contributed by atoms with E-state index in [0.717, 1.165) is 19.3 Å². The molecule has 0 fully saturated rings. The first-order chi connectivity index (χ1) is 11.2. The molecule has 1 aromatic carbocycles. The smallest absolute Gasteiger partial charge is 0.339 e. The van der Waals surface area contributed by atoms with Crippen molar-refractivity contribution in [3.63, 3.8) is 0 Å². The highest BCUT2D eigenvalue weighted by molar-refractivity contribution is 6.33. The minimum atomic E-state index is -0.304. The van der Waals surface area contributed by atoms with Crippen molar-refractivity contribution in [1.82, 2.24) is 0 Å². The summed E-state index contributed by atoms with van der Waals surface area (Å²) in [5, 5.41) is 0.458. The molecule has 0 aliphatic carbocycles. The van der Waals surface area contributed by atoms with Crippen molar-refractivity contribution in [3.05, 3.63) is 34.9 Å². The summed E-state index contributed by atoms with van der Waals surface area (Å²) in [6, 6.07) is 7.06. The SMILES string of the molecule is CCCCCCCCCCC(CC)OC(=O)c1ccccc1Cl. The quantitative estimate of drug-likeness (QED) is 0.309. The largest absolute Gasteiger partial charge is 0.459 e. The summed E-state index contributed by atoms with van der Waals surface area (Å²) in [5.74, 6) is -0.304. The van der Waals surface area contributed by atoms with Crippen LogP contribution in [-0.2, 0) is 4.74 Å². The number of benzene rings is 1. The maximum Gasteiger partial charge on any atom is 0.339 e. The van der Waals surface area contributed by atoms with Crippen LogP contribution in [0.2, 0.25) is 5.02 Å². The van der Waals surface area contributed by atoms with Gasteiger partial charge in [0.2, 0.25) is 0 Å². The van der Waals surface area contributed by atoms with Crippen molar-refractivity contribution in [1.29, 1.82) is 0 Å². The zero-order chi connectivity index (χ0) is 16.9. The lowest BCUT2D eigenvalue weighted by Crippen LogP contribution is -2.17. The summed E-state index contributed by atoms with van der Waals surface area (Å²) >= 11 is 6.04. The second kappa shape index (κ2) is 12.4. The zero-order valence-electron chi connectivity index (χ0n) is 14.7. The van der Waals surface area contributed by atoms with Crippen LogP contribution in [0.5, 0.6) is 0 Å². The molecule has 0 aliphatic rings. The number of halogens is 1. The highest BCUT2D eigenvalue weighted by atomic mass is 35.5. The first kappa shape index (κ1) is 20.0. The van der Waals surface area contributed by atoms with Gasteiger partial charge < -0.3 is 4.74 Å². The minimum Gasteiger partial charge on any atom is -0.459 e. The Labute approximate surface area is 146 Å². The molecule has 0 amide bonds. The number of carbonyl (C=O) groups excluding carboxylic acids is 1. The van der Waals surface area contributed by atoms with Crippen molar-refractivity contribution >= 4 is 17.6 Å². The van der Waals surface area contributed by atoms with Crippen molar-refractivity contribution in [2.24, 2.45) is 0 Å². The van der Waals surface area contributed by atoms with Gasteiger partial charge in [-0.25, -0.2) is 4.79 Å². The van der Waals surface area contributed by atoms with Crippen molar-refractivity contribution in [2.45, 2.75) is 84.2 Å². The van der Waals surface area contributed by atoms with E-state index in [2.05, 4.69) is 13.8 Å². The molecular weight excluding hydrogens is 308 g/mol. The maximum absolute atomic E-state index is 12.2. The number of hydrogen-bond acceptors (Lipinski definition) is 2. The van der Waals surface area contributed by atoms with E-state index < -0.39 is 0 Å². The molecule has 0 saturated heterocycles. The molecule has 1 atom stereocenters. The summed E-state index contributed by atoms with van der Waals surface area (Å²) in [6.45, 7) is 4.31. The standard InChI is InChI=1S/C20H31ClO2/c1-3-5-6-7-8-9-10-11-14-17(4-2)23-20(22)18-15-12-13-16-19(18)21/h12-13,15-17H,3-11,14H2,1-2H3. The van der Waals surface area contributed by atoms with Crippen LogP contribution in [-0.4, -0.2) is 12.1 Å². The molecule has 0 saturated carbocycles. The number of hydrogen-bond donors (Lipinski definition) is 0. The molecule has 2 nitrogen and oxygen atoms in total. The van der Waals surface area contributed by atoms with Gasteiger partial charge in [0.05, 0.1) is 10.6 Å². The Morgan fingerprint density at radius 2 is 1.61 bits per heavy atom. The van der Waals surface area contributed by atoms with E-state index in [9.17, 15) is 4.79 Å². The fourth-order valence-corrected chi connectivity index (χ4v) is 2.91. The topological polar surface area (TPSA) is 26.3 Å². The van der Waals surface area contributed by atoms with Gasteiger partial charge >= 0.3 is 5.97 Å². The van der Waals surface area contributed by atoms with Crippen LogP contribution in [0.25, 0.3) is 0 Å². The van der Waals surface area contributed by atoms with Gasteiger partial charge in [-0.1, -0.05) is 82.5 Å². The van der Waals surface area contributed by atoms with Crippen LogP contribution in [0.15, 0.2) is 24.3 Å². The molecule has 0 spiro atoms. The van der Waals surface area contributed by atoms with E-state index in [1.54, 1.807) is 12.1 Å². The number of carbonyl (C=O) groups is 1. The van der Waals surface area contributed by atoms with Crippen molar-refractivity contribution < 1.29 is 9.53 Å². The summed E-state index contributed by atoms with van der Waals surface area (Å²) in [7, 11) is 0. The summed E-state index contributed by atoms with van der Waals surface area (Å²) in [4.78, 5) is 12.2. The van der Waals surface area contributed by atoms with E-state index >= 15 is 0 Å². The second-order valence-electron chi connectivity index (χ2n) is 6.18. The molecule has 1 rings (SSSR count). The molecular formula is C20H31ClO2. The Morgan fingerprint density at radius 1 is 1.00 bits per heavy atom. The molecule has 1 aromatic rings. The van der Waals surface area contributed by atoms with E-state index in [1.807, 2.05) is 12.1 Å². The molecule has 0 heterocycles. The van der Waals surface area contributed by atoms with Gasteiger partial charge in [0.25, 0.3) is 0 Å². The zero-order valence-corrected chi connectivity index (χ0v) is 15.4. The van der Waals surface area contributed by atoms with Gasteiger partial charge in [0, 0.05) is 0 Å². The van der Waals surface area contributed by atoms with Gasteiger partial charge in [-0.05, 0) is 31.4 Å². The lowest BCUT2D eigenvalue weighted by molar-refractivity contribution is 0.0267. The van der Waals surface area contributed by atoms with Crippen LogP contribution >= 0.6 is 11.6 Å². The fraction of sp³-hybridized carbons (Fsp3) is 0.650. The predicted molar refractivity (Wildman–Crippen MR) is 98.2 cm³/mol. The molecule has 130 valence electrons. The molecule has 3 heteroatoms. The normalized spacial score (nSPS) is 12.1. The van der Waals surface area contributed by atoms with E-state index in [0.29, 0.717) is 10.6 Å². The Bertz CT molecular complexity index is 445. The monoisotopic (exact) mass is 338 g/mol. The first-order valence-corrected chi connectivity index (χ1v) is 9.52. The summed E-state index contributed by atoms with van der Waals surface area (Å²) < 4.78 is 5.60. The van der Waals surface area contributed by atoms with Crippen LogP contribution in [0.1, 0.15) is 88.4 Å². The maximum atomic E-state index is 12.2. The third kappa shape index (κ3) is 8.41. The third-order valence-corrected chi connectivity index (χ3v) is 4.53. The highest BCUT2D eigenvalue weighted by Gasteiger charge is 2.16. The fourth-order valence-electron chi connectivity index (χ4n) is 2.69. The minimum absolute atomic E-state index is 0.00105. The van der Waals surface area contributed by atoms with Crippen LogP contribution in [0.3, 0.4) is 0 Å². The second-order valence-corrected chi connectivity index (χ2v) is 6.59. The average Bonchev–Trinajstić information content (AvgIpc) is 2.56.